The van der Waals surface area contributed by atoms with Crippen LogP contribution in [0.2, 0.25) is 0 Å². The van der Waals surface area contributed by atoms with Gasteiger partial charge in [0.2, 0.25) is 0 Å². The molecule has 0 atom stereocenters. The van der Waals surface area contributed by atoms with Crippen molar-refractivity contribution in [3.8, 4) is 22.6 Å². The van der Waals surface area contributed by atoms with Gasteiger partial charge in [-0.25, -0.2) is 4.79 Å². The number of aliphatic hydroxyl groups is 1. The van der Waals surface area contributed by atoms with E-state index in [9.17, 15) is 9.90 Å². The minimum absolute atomic E-state index is 0.170. The summed E-state index contributed by atoms with van der Waals surface area (Å²) >= 11 is 0. The van der Waals surface area contributed by atoms with Gasteiger partial charge in [0, 0.05) is 37.0 Å². The molecule has 1 saturated heterocycles. The number of methoxy groups -OCH3 is 1. The zero-order valence-corrected chi connectivity index (χ0v) is 18.3. The zero-order valence-electron chi connectivity index (χ0n) is 18.3. The lowest BCUT2D eigenvalue weighted by molar-refractivity contribution is -0.0807. The molecule has 0 unspecified atom stereocenters. The number of ether oxygens (including phenoxy) is 3. The lowest BCUT2D eigenvalue weighted by Gasteiger charge is -2.32. The summed E-state index contributed by atoms with van der Waals surface area (Å²) in [7, 11) is 1.63. The van der Waals surface area contributed by atoms with E-state index in [1.54, 1.807) is 13.2 Å². The predicted molar refractivity (Wildman–Crippen MR) is 121 cm³/mol. The Morgan fingerprint density at radius 2 is 1.72 bits per heavy atom. The maximum atomic E-state index is 12.8. The molecule has 2 fully saturated rings. The molecule has 1 N–H and O–H groups in total. The van der Waals surface area contributed by atoms with Gasteiger partial charge >= 0.3 is 5.63 Å². The molecule has 2 aliphatic rings. The number of hydrogen-bond donors (Lipinski definition) is 1. The lowest BCUT2D eigenvalue weighted by atomic mass is 9.85. The van der Waals surface area contributed by atoms with Gasteiger partial charge in [-0.1, -0.05) is 24.3 Å². The van der Waals surface area contributed by atoms with Crippen molar-refractivity contribution in [2.24, 2.45) is 0 Å². The molecule has 3 aromatic rings. The summed E-state index contributed by atoms with van der Waals surface area (Å²) in [5.74, 6) is 1.62. The van der Waals surface area contributed by atoms with E-state index in [0.717, 1.165) is 23.8 Å². The largest absolute Gasteiger partial charge is 0.493 e. The molecule has 0 radical (unpaired) electrons. The Morgan fingerprint density at radius 3 is 2.44 bits per heavy atom. The van der Waals surface area contributed by atoms with E-state index in [4.69, 9.17) is 18.6 Å². The molecule has 168 valence electrons. The van der Waals surface area contributed by atoms with E-state index in [2.05, 4.69) is 0 Å². The molecule has 6 heteroatoms. The number of fused-ring (bicyclic) bond motifs is 1. The number of hydrogen-bond acceptors (Lipinski definition) is 6. The molecule has 2 heterocycles. The molecule has 1 aliphatic heterocycles. The van der Waals surface area contributed by atoms with Gasteiger partial charge < -0.3 is 23.7 Å². The third-order valence-corrected chi connectivity index (χ3v) is 6.63. The molecule has 1 aromatic heterocycles. The van der Waals surface area contributed by atoms with Crippen LogP contribution in [0.1, 0.15) is 44.3 Å². The highest BCUT2D eigenvalue weighted by Gasteiger charge is 2.38. The van der Waals surface area contributed by atoms with E-state index in [-0.39, 0.29) is 6.10 Å². The molecular weight excluding hydrogens is 408 g/mol. The molecule has 1 saturated carbocycles. The monoisotopic (exact) mass is 436 g/mol. The van der Waals surface area contributed by atoms with Gasteiger partial charge in [-0.2, -0.15) is 0 Å². The van der Waals surface area contributed by atoms with Crippen LogP contribution in [0.4, 0.5) is 0 Å². The smallest absolute Gasteiger partial charge is 0.343 e. The average Bonchev–Trinajstić information content (AvgIpc) is 3.33. The first-order valence-electron chi connectivity index (χ1n) is 11.3. The summed E-state index contributed by atoms with van der Waals surface area (Å²) in [5.41, 5.74) is -0.198. The highest BCUT2D eigenvalue weighted by Crippen LogP contribution is 2.43. The quantitative estimate of drug-likeness (QED) is 0.620. The first-order chi connectivity index (χ1) is 15.6. The maximum Gasteiger partial charge on any atom is 0.343 e. The Bertz CT molecular complexity index is 1170. The third kappa shape index (κ3) is 3.78. The minimum Gasteiger partial charge on any atom is -0.493 e. The Labute approximate surface area is 186 Å². The second-order valence-corrected chi connectivity index (χ2v) is 8.67. The van der Waals surface area contributed by atoms with E-state index in [0.29, 0.717) is 54.3 Å². The normalized spacial score (nSPS) is 18.7. The van der Waals surface area contributed by atoms with Crippen LogP contribution in [0, 0.1) is 0 Å². The highest BCUT2D eigenvalue weighted by molar-refractivity contribution is 5.97. The molecule has 32 heavy (non-hydrogen) atoms. The van der Waals surface area contributed by atoms with Crippen molar-refractivity contribution in [1.82, 2.24) is 0 Å². The van der Waals surface area contributed by atoms with Crippen LogP contribution >= 0.6 is 0 Å². The van der Waals surface area contributed by atoms with Crippen molar-refractivity contribution in [3.05, 3.63) is 58.6 Å². The lowest BCUT2D eigenvalue weighted by Crippen LogP contribution is -2.35. The van der Waals surface area contributed by atoms with Crippen LogP contribution < -0.4 is 15.1 Å². The van der Waals surface area contributed by atoms with Crippen LogP contribution in [0.25, 0.3) is 21.9 Å². The number of rotatable bonds is 5. The zero-order chi connectivity index (χ0) is 22.1. The summed E-state index contributed by atoms with van der Waals surface area (Å²) < 4.78 is 23.1. The van der Waals surface area contributed by atoms with Crippen LogP contribution in [0.15, 0.2) is 51.7 Å². The van der Waals surface area contributed by atoms with E-state index < -0.39 is 11.2 Å². The van der Waals surface area contributed by atoms with Gasteiger partial charge in [-0.3, -0.25) is 0 Å². The van der Waals surface area contributed by atoms with Crippen molar-refractivity contribution >= 4 is 10.8 Å². The molecule has 1 aliphatic carbocycles. The summed E-state index contributed by atoms with van der Waals surface area (Å²) in [4.78, 5) is 12.8. The third-order valence-electron chi connectivity index (χ3n) is 6.63. The highest BCUT2D eigenvalue weighted by atomic mass is 16.5. The topological polar surface area (TPSA) is 78.1 Å². The second kappa shape index (κ2) is 8.60. The Kier molecular flexibility index (Phi) is 5.66. The van der Waals surface area contributed by atoms with Crippen LogP contribution in [-0.4, -0.2) is 31.5 Å². The second-order valence-electron chi connectivity index (χ2n) is 8.67. The number of benzene rings is 2. The van der Waals surface area contributed by atoms with Crippen molar-refractivity contribution in [3.63, 3.8) is 0 Å². The van der Waals surface area contributed by atoms with Crippen molar-refractivity contribution in [2.75, 3.05) is 20.3 Å². The van der Waals surface area contributed by atoms with Gasteiger partial charge in [0.1, 0.15) is 11.4 Å². The molecule has 0 spiro atoms. The van der Waals surface area contributed by atoms with Crippen molar-refractivity contribution in [2.45, 2.75) is 50.2 Å². The Hall–Kier alpha value is -2.83. The van der Waals surface area contributed by atoms with Gasteiger partial charge in [0.05, 0.1) is 18.6 Å². The first-order valence-corrected chi connectivity index (χ1v) is 11.3. The van der Waals surface area contributed by atoms with Gasteiger partial charge in [0.25, 0.3) is 0 Å². The van der Waals surface area contributed by atoms with Crippen molar-refractivity contribution < 1.29 is 23.7 Å². The average molecular weight is 437 g/mol. The maximum absolute atomic E-state index is 12.8. The van der Waals surface area contributed by atoms with Crippen LogP contribution in [-0.2, 0) is 10.3 Å². The first kappa shape index (κ1) is 21.0. The summed E-state index contributed by atoms with van der Waals surface area (Å²) in [6.45, 7) is 0.816. The molecule has 0 bridgehead atoms. The molecular formula is C26H28O6. The van der Waals surface area contributed by atoms with Gasteiger partial charge in [-0.15, -0.1) is 0 Å². The van der Waals surface area contributed by atoms with Crippen LogP contribution in [0.3, 0.4) is 0 Å². The van der Waals surface area contributed by atoms with E-state index >= 15 is 0 Å². The van der Waals surface area contributed by atoms with Crippen molar-refractivity contribution in [1.29, 1.82) is 0 Å². The predicted octanol–water partition coefficient (Wildman–Crippen LogP) is 4.79. The van der Waals surface area contributed by atoms with Gasteiger partial charge in [0.15, 0.2) is 11.5 Å². The summed E-state index contributed by atoms with van der Waals surface area (Å²) in [5, 5.41) is 12.7. The summed E-state index contributed by atoms with van der Waals surface area (Å²) in [6.07, 6.45) is 5.29. The molecule has 2 aromatic carbocycles. The van der Waals surface area contributed by atoms with Crippen LogP contribution in [0.5, 0.6) is 11.5 Å². The molecule has 6 nitrogen and oxygen atoms in total. The standard InChI is InChI=1S/C26H28O6/c1-29-21-11-10-17(16-22(21)31-18-6-2-3-7-18)23-19-8-4-5-9-20(19)25(27)32-24(23)26(28)12-14-30-15-13-26/h4-5,8-11,16,18,28H,2-3,6-7,12-15H2,1H3. The summed E-state index contributed by atoms with van der Waals surface area (Å²) in [6, 6.07) is 13.1. The Balaban J connectivity index is 1.71. The van der Waals surface area contributed by atoms with E-state index in [1.165, 1.54) is 12.8 Å². The fourth-order valence-electron chi connectivity index (χ4n) is 4.86. The Morgan fingerprint density at radius 1 is 1.00 bits per heavy atom. The minimum atomic E-state index is -1.27. The SMILES string of the molecule is COc1ccc(-c2c(C3(O)CCOCC3)oc(=O)c3ccccc23)cc1OC1CCCC1. The molecule has 0 amide bonds. The molecule has 5 rings (SSSR count). The van der Waals surface area contributed by atoms with Gasteiger partial charge in [-0.05, 0) is 49.4 Å². The fraction of sp³-hybridized carbons (Fsp3) is 0.423. The van der Waals surface area contributed by atoms with E-state index in [1.807, 2.05) is 36.4 Å². The fourth-order valence-corrected chi connectivity index (χ4v) is 4.86.